The topological polar surface area (TPSA) is 98.7 Å². The first-order valence-corrected chi connectivity index (χ1v) is 12.8. The predicted octanol–water partition coefficient (Wildman–Crippen LogP) is 2.69. The van der Waals surface area contributed by atoms with Gasteiger partial charge in [0.15, 0.2) is 0 Å². The van der Waals surface area contributed by atoms with Crippen LogP contribution < -0.4 is 10.6 Å². The van der Waals surface area contributed by atoms with E-state index in [4.69, 9.17) is 0 Å². The van der Waals surface area contributed by atoms with Gasteiger partial charge in [-0.2, -0.15) is 0 Å². The van der Waals surface area contributed by atoms with Crippen LogP contribution in [0.2, 0.25) is 0 Å². The Morgan fingerprint density at radius 3 is 2.60 bits per heavy atom. The zero-order valence-electron chi connectivity index (χ0n) is 19.8. The number of fused-ring (bicyclic) bond motifs is 1. The normalized spacial score (nSPS) is 31.4. The van der Waals surface area contributed by atoms with Gasteiger partial charge in [0.05, 0.1) is 6.10 Å². The molecule has 0 radical (unpaired) electrons. The SMILES string of the molecule is O=C1CCC(N2Cc3cc(C[C@H]4CCC[C@H](O)[C@@H]4NC4CCC(F)(F)CC4)ccc3C2=O)C(=O)N1. The lowest BCUT2D eigenvalue weighted by Crippen LogP contribution is -2.53. The second-order valence-corrected chi connectivity index (χ2v) is 10.7. The molecule has 3 amide bonds. The van der Waals surface area contributed by atoms with E-state index in [0.29, 0.717) is 37.8 Å². The van der Waals surface area contributed by atoms with Gasteiger partial charge in [0.1, 0.15) is 6.04 Å². The average Bonchev–Trinajstić information content (AvgIpc) is 3.13. The van der Waals surface area contributed by atoms with Crippen molar-refractivity contribution in [2.45, 2.75) is 101 Å². The van der Waals surface area contributed by atoms with Crippen LogP contribution in [0.3, 0.4) is 0 Å². The number of halogens is 2. The molecule has 4 aliphatic rings. The average molecular weight is 490 g/mol. The molecule has 5 rings (SSSR count). The van der Waals surface area contributed by atoms with Crippen LogP contribution in [0.4, 0.5) is 8.78 Å². The van der Waals surface area contributed by atoms with Gasteiger partial charge in [-0.1, -0.05) is 18.6 Å². The first-order chi connectivity index (χ1) is 16.7. The first-order valence-electron chi connectivity index (χ1n) is 12.8. The number of nitrogens with one attached hydrogen (secondary N) is 2. The fourth-order valence-electron chi connectivity index (χ4n) is 6.28. The van der Waals surface area contributed by atoms with Crippen LogP contribution in [0.25, 0.3) is 0 Å². The van der Waals surface area contributed by atoms with Crippen LogP contribution in [-0.4, -0.2) is 57.9 Å². The largest absolute Gasteiger partial charge is 0.391 e. The number of aliphatic hydroxyl groups is 1. The molecule has 0 spiro atoms. The van der Waals surface area contributed by atoms with Crippen molar-refractivity contribution in [3.8, 4) is 0 Å². The zero-order chi connectivity index (χ0) is 24.7. The van der Waals surface area contributed by atoms with E-state index >= 15 is 0 Å². The second-order valence-electron chi connectivity index (χ2n) is 10.7. The monoisotopic (exact) mass is 489 g/mol. The van der Waals surface area contributed by atoms with Crippen LogP contribution in [0.1, 0.15) is 79.3 Å². The fourth-order valence-corrected chi connectivity index (χ4v) is 6.28. The van der Waals surface area contributed by atoms with Crippen molar-refractivity contribution in [3.05, 3.63) is 34.9 Å². The first kappa shape index (κ1) is 24.3. The molecule has 4 atom stereocenters. The Bertz CT molecular complexity index is 1010. The Morgan fingerprint density at radius 1 is 1.09 bits per heavy atom. The molecule has 1 aromatic carbocycles. The number of imide groups is 1. The van der Waals surface area contributed by atoms with Gasteiger partial charge in [0.25, 0.3) is 5.91 Å². The van der Waals surface area contributed by atoms with Gasteiger partial charge < -0.3 is 15.3 Å². The molecule has 35 heavy (non-hydrogen) atoms. The summed E-state index contributed by atoms with van der Waals surface area (Å²) in [5.41, 5.74) is 2.51. The Kier molecular flexibility index (Phi) is 6.65. The molecule has 3 fully saturated rings. The molecule has 2 heterocycles. The lowest BCUT2D eigenvalue weighted by molar-refractivity contribution is -0.136. The summed E-state index contributed by atoms with van der Waals surface area (Å²) in [6.07, 6.45) is 3.94. The number of rotatable bonds is 5. The van der Waals surface area contributed by atoms with E-state index in [-0.39, 0.29) is 49.1 Å². The number of amides is 3. The van der Waals surface area contributed by atoms with Gasteiger partial charge in [-0.3, -0.25) is 19.7 Å². The predicted molar refractivity (Wildman–Crippen MR) is 124 cm³/mol. The van der Waals surface area contributed by atoms with E-state index in [2.05, 4.69) is 10.6 Å². The Hall–Kier alpha value is -2.39. The number of carbonyl (C=O) groups excluding carboxylic acids is 3. The van der Waals surface area contributed by atoms with Gasteiger partial charge >= 0.3 is 0 Å². The van der Waals surface area contributed by atoms with Gasteiger partial charge in [0, 0.05) is 43.5 Å². The summed E-state index contributed by atoms with van der Waals surface area (Å²) in [5, 5.41) is 16.6. The molecular weight excluding hydrogens is 456 g/mol. The van der Waals surface area contributed by atoms with Gasteiger partial charge in [-0.25, -0.2) is 8.78 Å². The van der Waals surface area contributed by atoms with Crippen LogP contribution >= 0.6 is 0 Å². The second kappa shape index (κ2) is 9.58. The maximum Gasteiger partial charge on any atom is 0.255 e. The van der Waals surface area contributed by atoms with Crippen molar-refractivity contribution in [1.29, 1.82) is 0 Å². The van der Waals surface area contributed by atoms with Crippen molar-refractivity contribution in [2.24, 2.45) is 5.92 Å². The standard InChI is InChI=1S/C26H33F2N3O4/c27-26(28)10-8-18(9-11-26)29-23-16(2-1-3-21(23)32)12-15-4-5-19-17(13-15)14-31(25(19)35)20-6-7-22(33)30-24(20)34/h4-5,13,16,18,20-21,23,29,32H,1-3,6-12,14H2,(H,30,33,34)/t16-,20?,21+,23-/m1/s1. The van der Waals surface area contributed by atoms with E-state index in [1.165, 1.54) is 0 Å². The molecule has 7 nitrogen and oxygen atoms in total. The van der Waals surface area contributed by atoms with Crippen LogP contribution in [-0.2, 0) is 22.6 Å². The molecule has 3 N–H and O–H groups in total. The van der Waals surface area contributed by atoms with Crippen LogP contribution in [0, 0.1) is 5.92 Å². The Labute approximate surface area is 203 Å². The minimum Gasteiger partial charge on any atom is -0.391 e. The highest BCUT2D eigenvalue weighted by atomic mass is 19.3. The molecule has 0 aromatic heterocycles. The van der Waals surface area contributed by atoms with E-state index in [1.807, 2.05) is 18.2 Å². The summed E-state index contributed by atoms with van der Waals surface area (Å²) >= 11 is 0. The number of hydrogen-bond acceptors (Lipinski definition) is 5. The smallest absolute Gasteiger partial charge is 0.255 e. The lowest BCUT2D eigenvalue weighted by atomic mass is 9.77. The molecule has 1 aromatic rings. The summed E-state index contributed by atoms with van der Waals surface area (Å²) in [4.78, 5) is 38.3. The number of piperidine rings is 1. The van der Waals surface area contributed by atoms with Crippen molar-refractivity contribution < 1.29 is 28.3 Å². The molecule has 9 heteroatoms. The third-order valence-corrected chi connectivity index (χ3v) is 8.23. The highest BCUT2D eigenvalue weighted by Crippen LogP contribution is 2.36. The molecule has 1 unspecified atom stereocenters. The molecule has 2 aliphatic carbocycles. The number of hydrogen-bond donors (Lipinski definition) is 3. The van der Waals surface area contributed by atoms with E-state index < -0.39 is 24.0 Å². The van der Waals surface area contributed by atoms with E-state index in [9.17, 15) is 28.3 Å². The number of benzene rings is 1. The summed E-state index contributed by atoms with van der Waals surface area (Å²) in [7, 11) is 0. The number of carbonyl (C=O) groups is 3. The third-order valence-electron chi connectivity index (χ3n) is 8.23. The van der Waals surface area contributed by atoms with Crippen molar-refractivity contribution in [1.82, 2.24) is 15.5 Å². The van der Waals surface area contributed by atoms with Gasteiger partial charge in [0.2, 0.25) is 17.7 Å². The lowest BCUT2D eigenvalue weighted by Gasteiger charge is -2.40. The Morgan fingerprint density at radius 2 is 1.86 bits per heavy atom. The van der Waals surface area contributed by atoms with Crippen molar-refractivity contribution in [2.75, 3.05) is 0 Å². The number of nitrogens with zero attached hydrogens (tertiary/aromatic N) is 1. The number of alkyl halides is 2. The summed E-state index contributed by atoms with van der Waals surface area (Å²) in [6, 6.07) is 4.97. The maximum absolute atomic E-state index is 13.6. The van der Waals surface area contributed by atoms with Crippen LogP contribution in [0.15, 0.2) is 18.2 Å². The maximum atomic E-state index is 13.6. The quantitative estimate of drug-likeness (QED) is 0.553. The molecule has 2 aliphatic heterocycles. The fraction of sp³-hybridized carbons (Fsp3) is 0.654. The molecule has 190 valence electrons. The van der Waals surface area contributed by atoms with Crippen molar-refractivity contribution >= 4 is 17.7 Å². The zero-order valence-corrected chi connectivity index (χ0v) is 19.8. The molecular formula is C26H33F2N3O4. The highest BCUT2D eigenvalue weighted by molar-refractivity contribution is 6.05. The highest BCUT2D eigenvalue weighted by Gasteiger charge is 2.40. The van der Waals surface area contributed by atoms with Crippen molar-refractivity contribution in [3.63, 3.8) is 0 Å². The van der Waals surface area contributed by atoms with E-state index in [0.717, 1.165) is 30.4 Å². The van der Waals surface area contributed by atoms with Gasteiger partial charge in [-0.05, 0) is 61.6 Å². The molecule has 2 saturated carbocycles. The Balaban J connectivity index is 1.26. The molecule has 1 saturated heterocycles. The minimum absolute atomic E-state index is 0.00500. The van der Waals surface area contributed by atoms with E-state index in [1.54, 1.807) is 4.90 Å². The van der Waals surface area contributed by atoms with Crippen LogP contribution in [0.5, 0.6) is 0 Å². The summed E-state index contributed by atoms with van der Waals surface area (Å²) in [5.74, 6) is -3.33. The minimum atomic E-state index is -2.58. The molecule has 0 bridgehead atoms. The summed E-state index contributed by atoms with van der Waals surface area (Å²) in [6.45, 7) is 0.333. The summed E-state index contributed by atoms with van der Waals surface area (Å²) < 4.78 is 27.2. The number of aliphatic hydroxyl groups excluding tert-OH is 1. The van der Waals surface area contributed by atoms with Gasteiger partial charge in [-0.15, -0.1) is 0 Å². The third kappa shape index (κ3) is 5.11.